The van der Waals surface area contributed by atoms with Gasteiger partial charge in [0.05, 0.1) is 16.3 Å². The van der Waals surface area contributed by atoms with E-state index in [-0.39, 0.29) is 17.6 Å². The highest BCUT2D eigenvalue weighted by Gasteiger charge is 2.23. The standard InChI is InChI=1S/C17H20N4O3S/c1-10(16(22)18-9-12-4-3-6-24-12)21-17(23)14-8-15-13(5-7-25-15)20(14)11(2)19-21/h5,7-8,10,12H,3-4,6,9H2,1-2H3,(H,18,22). The number of hydrogen-bond acceptors (Lipinski definition) is 5. The Morgan fingerprint density at radius 1 is 1.52 bits per heavy atom. The van der Waals surface area contributed by atoms with Crippen LogP contribution >= 0.6 is 11.3 Å². The molecule has 0 aliphatic carbocycles. The normalized spacial score (nSPS) is 18.9. The summed E-state index contributed by atoms with van der Waals surface area (Å²) in [6, 6.07) is 3.17. The predicted molar refractivity (Wildman–Crippen MR) is 96.3 cm³/mol. The molecule has 4 heterocycles. The van der Waals surface area contributed by atoms with Crippen LogP contribution in [0.1, 0.15) is 31.6 Å². The third kappa shape index (κ3) is 2.75. The van der Waals surface area contributed by atoms with Crippen LogP contribution in [0.4, 0.5) is 0 Å². The zero-order valence-corrected chi connectivity index (χ0v) is 15.0. The van der Waals surface area contributed by atoms with Crippen LogP contribution in [0.2, 0.25) is 0 Å². The molecule has 4 rings (SSSR count). The van der Waals surface area contributed by atoms with Crippen LogP contribution in [0.25, 0.3) is 15.7 Å². The van der Waals surface area contributed by atoms with Crippen molar-refractivity contribution in [2.45, 2.75) is 38.8 Å². The lowest BCUT2D eigenvalue weighted by molar-refractivity contribution is -0.124. The number of nitrogens with one attached hydrogen (secondary N) is 1. The van der Waals surface area contributed by atoms with E-state index in [0.717, 1.165) is 29.7 Å². The average molecular weight is 360 g/mol. The number of rotatable bonds is 4. The van der Waals surface area contributed by atoms with Crippen LogP contribution in [0.3, 0.4) is 0 Å². The number of hydrogen-bond donors (Lipinski definition) is 1. The van der Waals surface area contributed by atoms with Crippen molar-refractivity contribution in [2.75, 3.05) is 13.2 Å². The number of carbonyl (C=O) groups excluding carboxylic acids is 1. The summed E-state index contributed by atoms with van der Waals surface area (Å²) < 4.78 is 9.68. The second-order valence-corrected chi connectivity index (χ2v) is 7.34. The largest absolute Gasteiger partial charge is 0.376 e. The van der Waals surface area contributed by atoms with Gasteiger partial charge in [0.1, 0.15) is 17.4 Å². The molecule has 0 aromatic carbocycles. The molecule has 8 heteroatoms. The highest BCUT2D eigenvalue weighted by atomic mass is 32.1. The Labute approximate surface area is 148 Å². The molecule has 1 fully saturated rings. The Morgan fingerprint density at radius 2 is 2.36 bits per heavy atom. The minimum Gasteiger partial charge on any atom is -0.376 e. The molecule has 0 radical (unpaired) electrons. The van der Waals surface area contributed by atoms with E-state index >= 15 is 0 Å². The topological polar surface area (TPSA) is 77.6 Å². The Kier molecular flexibility index (Phi) is 4.09. The van der Waals surface area contributed by atoms with Gasteiger partial charge in [-0.25, -0.2) is 4.68 Å². The van der Waals surface area contributed by atoms with E-state index in [9.17, 15) is 9.59 Å². The maximum atomic E-state index is 12.8. The third-order valence-electron chi connectivity index (χ3n) is 4.70. The SMILES string of the molecule is Cc1nn(C(C)C(=O)NCC2CCCO2)c(=O)c2cc3sccc3n12. The van der Waals surface area contributed by atoms with E-state index in [1.807, 2.05) is 28.8 Å². The van der Waals surface area contributed by atoms with Crippen molar-refractivity contribution in [3.8, 4) is 0 Å². The minimum absolute atomic E-state index is 0.0717. The Morgan fingerprint density at radius 3 is 3.12 bits per heavy atom. The summed E-state index contributed by atoms with van der Waals surface area (Å²) in [4.78, 5) is 25.3. The summed E-state index contributed by atoms with van der Waals surface area (Å²) in [5.74, 6) is 0.462. The van der Waals surface area contributed by atoms with E-state index < -0.39 is 6.04 Å². The van der Waals surface area contributed by atoms with Gasteiger partial charge in [-0.1, -0.05) is 0 Å². The van der Waals surface area contributed by atoms with Crippen LogP contribution in [0.15, 0.2) is 22.3 Å². The van der Waals surface area contributed by atoms with E-state index in [1.165, 1.54) is 4.68 Å². The molecule has 3 aromatic heterocycles. The van der Waals surface area contributed by atoms with Crippen molar-refractivity contribution >= 4 is 33.0 Å². The van der Waals surface area contributed by atoms with Crippen molar-refractivity contribution in [1.29, 1.82) is 0 Å². The van der Waals surface area contributed by atoms with Gasteiger partial charge in [0.2, 0.25) is 5.91 Å². The van der Waals surface area contributed by atoms with Crippen molar-refractivity contribution in [2.24, 2.45) is 0 Å². The van der Waals surface area contributed by atoms with Crippen molar-refractivity contribution in [3.63, 3.8) is 0 Å². The summed E-state index contributed by atoms with van der Waals surface area (Å²) in [5, 5.41) is 9.24. The van der Waals surface area contributed by atoms with Crippen molar-refractivity contribution in [3.05, 3.63) is 33.7 Å². The molecule has 3 aromatic rings. The Hall–Kier alpha value is -2.19. The smallest absolute Gasteiger partial charge is 0.291 e. The number of carbonyl (C=O) groups is 1. The van der Waals surface area contributed by atoms with Crippen molar-refractivity contribution < 1.29 is 9.53 Å². The molecule has 2 atom stereocenters. The molecule has 132 valence electrons. The van der Waals surface area contributed by atoms with Gasteiger partial charge in [0.15, 0.2) is 0 Å². The average Bonchev–Trinajstić information content (AvgIpc) is 3.31. The number of amides is 1. The van der Waals surface area contributed by atoms with Gasteiger partial charge in [0, 0.05) is 13.2 Å². The van der Waals surface area contributed by atoms with Gasteiger partial charge in [-0.05, 0) is 44.2 Å². The Bertz CT molecular complexity index is 997. The Balaban J connectivity index is 1.64. The fourth-order valence-corrected chi connectivity index (χ4v) is 4.14. The van der Waals surface area contributed by atoms with E-state index in [0.29, 0.717) is 17.9 Å². The van der Waals surface area contributed by atoms with E-state index in [2.05, 4.69) is 10.4 Å². The predicted octanol–water partition coefficient (Wildman–Crippen LogP) is 1.88. The number of thiophene rings is 1. The number of aryl methyl sites for hydroxylation is 1. The summed E-state index contributed by atoms with van der Waals surface area (Å²) in [5.41, 5.74) is 1.27. The van der Waals surface area contributed by atoms with Gasteiger partial charge >= 0.3 is 0 Å². The van der Waals surface area contributed by atoms with Gasteiger partial charge in [-0.3, -0.25) is 14.0 Å². The van der Waals surface area contributed by atoms with Crippen LogP contribution < -0.4 is 10.9 Å². The van der Waals surface area contributed by atoms with E-state index in [4.69, 9.17) is 4.74 Å². The molecule has 7 nitrogen and oxygen atoms in total. The molecular formula is C17H20N4O3S. The lowest BCUT2D eigenvalue weighted by Gasteiger charge is -2.17. The van der Waals surface area contributed by atoms with Gasteiger partial charge in [-0.2, -0.15) is 5.10 Å². The highest BCUT2D eigenvalue weighted by Crippen LogP contribution is 2.24. The fourth-order valence-electron chi connectivity index (χ4n) is 3.34. The monoisotopic (exact) mass is 360 g/mol. The second-order valence-electron chi connectivity index (χ2n) is 6.39. The lowest BCUT2D eigenvalue weighted by Crippen LogP contribution is -2.40. The van der Waals surface area contributed by atoms with Gasteiger partial charge < -0.3 is 10.1 Å². The first kappa shape index (κ1) is 16.3. The van der Waals surface area contributed by atoms with Gasteiger partial charge in [0.25, 0.3) is 5.56 Å². The summed E-state index contributed by atoms with van der Waals surface area (Å²) >= 11 is 1.58. The second kappa shape index (κ2) is 6.27. The van der Waals surface area contributed by atoms with Crippen LogP contribution in [0, 0.1) is 6.92 Å². The van der Waals surface area contributed by atoms with Crippen molar-refractivity contribution in [1.82, 2.24) is 19.5 Å². The molecule has 1 amide bonds. The summed E-state index contributed by atoms with van der Waals surface area (Å²) in [6.45, 7) is 4.76. The first-order valence-electron chi connectivity index (χ1n) is 8.43. The fraction of sp³-hybridized carbons (Fsp3) is 0.471. The van der Waals surface area contributed by atoms with Gasteiger partial charge in [-0.15, -0.1) is 11.3 Å². The molecule has 1 aliphatic rings. The first-order valence-corrected chi connectivity index (χ1v) is 9.31. The molecular weight excluding hydrogens is 340 g/mol. The maximum Gasteiger partial charge on any atom is 0.291 e. The van der Waals surface area contributed by atoms with E-state index in [1.54, 1.807) is 18.3 Å². The van der Waals surface area contributed by atoms with Crippen LogP contribution in [0.5, 0.6) is 0 Å². The number of ether oxygens (including phenoxy) is 1. The minimum atomic E-state index is -0.675. The number of nitrogens with zero attached hydrogens (tertiary/aromatic N) is 3. The zero-order valence-electron chi connectivity index (χ0n) is 14.2. The number of aromatic nitrogens is 3. The highest BCUT2D eigenvalue weighted by molar-refractivity contribution is 7.17. The third-order valence-corrected chi connectivity index (χ3v) is 5.55. The molecule has 0 saturated carbocycles. The molecule has 1 saturated heterocycles. The number of fused-ring (bicyclic) bond motifs is 3. The lowest BCUT2D eigenvalue weighted by atomic mass is 10.2. The molecule has 2 unspecified atom stereocenters. The molecule has 1 aliphatic heterocycles. The quantitative estimate of drug-likeness (QED) is 0.771. The van der Waals surface area contributed by atoms with Crippen LogP contribution in [-0.2, 0) is 9.53 Å². The molecule has 25 heavy (non-hydrogen) atoms. The first-order chi connectivity index (χ1) is 12.1. The van der Waals surface area contributed by atoms with Crippen LogP contribution in [-0.4, -0.2) is 39.3 Å². The maximum absolute atomic E-state index is 12.8. The molecule has 0 bridgehead atoms. The molecule has 1 N–H and O–H groups in total. The molecule has 0 spiro atoms. The zero-order chi connectivity index (χ0) is 17.6. The summed E-state index contributed by atoms with van der Waals surface area (Å²) in [7, 11) is 0. The summed E-state index contributed by atoms with van der Waals surface area (Å²) in [6.07, 6.45) is 2.05.